The molecule has 1 N–H and O–H groups in total. The first-order valence-corrected chi connectivity index (χ1v) is 8.45. The summed E-state index contributed by atoms with van der Waals surface area (Å²) >= 11 is 0. The van der Waals surface area contributed by atoms with Gasteiger partial charge in [-0.3, -0.25) is 0 Å². The molecule has 3 nitrogen and oxygen atoms in total. The molecule has 0 radical (unpaired) electrons. The van der Waals surface area contributed by atoms with Crippen molar-refractivity contribution in [2.75, 3.05) is 12.8 Å². The van der Waals surface area contributed by atoms with Gasteiger partial charge in [0.1, 0.15) is 0 Å². The van der Waals surface area contributed by atoms with Crippen LogP contribution in [0.3, 0.4) is 0 Å². The molecule has 0 heterocycles. The van der Waals surface area contributed by atoms with Crippen LogP contribution in [0.4, 0.5) is 0 Å². The van der Waals surface area contributed by atoms with Crippen LogP contribution >= 0.6 is 0 Å². The van der Waals surface area contributed by atoms with Gasteiger partial charge in [-0.1, -0.05) is 43.7 Å². The van der Waals surface area contributed by atoms with Gasteiger partial charge in [0.15, 0.2) is 9.84 Å². The first kappa shape index (κ1) is 16.2. The molecule has 0 saturated carbocycles. The molecule has 0 aliphatic carbocycles. The monoisotopic (exact) mass is 283 g/mol. The van der Waals surface area contributed by atoms with E-state index in [1.807, 2.05) is 52.1 Å². The molecule has 1 rings (SSSR count). The van der Waals surface area contributed by atoms with E-state index in [9.17, 15) is 8.42 Å². The minimum absolute atomic E-state index is 0.139. The Kier molecular flexibility index (Phi) is 5.56. The summed E-state index contributed by atoms with van der Waals surface area (Å²) in [6.07, 6.45) is 0. The zero-order chi connectivity index (χ0) is 14.6. The number of rotatable bonds is 6. The molecule has 108 valence electrons. The summed E-state index contributed by atoms with van der Waals surface area (Å²) in [5, 5.41) is 2.80. The van der Waals surface area contributed by atoms with Crippen LogP contribution in [-0.2, 0) is 9.84 Å². The average molecular weight is 283 g/mol. The van der Waals surface area contributed by atoms with Gasteiger partial charge in [-0.15, -0.1) is 0 Å². The molecule has 1 aromatic rings. The van der Waals surface area contributed by atoms with E-state index in [0.717, 1.165) is 11.1 Å². The highest BCUT2D eigenvalue weighted by atomic mass is 32.2. The van der Waals surface area contributed by atoms with Gasteiger partial charge >= 0.3 is 0 Å². The zero-order valence-corrected chi connectivity index (χ0v) is 13.3. The van der Waals surface area contributed by atoms with Crippen LogP contribution in [0.5, 0.6) is 0 Å². The molecule has 19 heavy (non-hydrogen) atoms. The van der Waals surface area contributed by atoms with Gasteiger partial charge in [-0.25, -0.2) is 8.42 Å². The predicted molar refractivity (Wildman–Crippen MR) is 81.1 cm³/mol. The number of aryl methyl sites for hydroxylation is 1. The SMILES string of the molecule is CNC(CS(=O)(=O)C(C)C(C)C)c1cccc(C)c1. The van der Waals surface area contributed by atoms with Crippen molar-refractivity contribution in [1.82, 2.24) is 5.32 Å². The van der Waals surface area contributed by atoms with Crippen molar-refractivity contribution in [3.05, 3.63) is 35.4 Å². The van der Waals surface area contributed by atoms with Gasteiger partial charge in [0.05, 0.1) is 11.0 Å². The van der Waals surface area contributed by atoms with E-state index >= 15 is 0 Å². The molecule has 4 heteroatoms. The first-order valence-electron chi connectivity index (χ1n) is 6.73. The molecular weight excluding hydrogens is 258 g/mol. The first-order chi connectivity index (χ1) is 8.77. The Morgan fingerprint density at radius 1 is 1.21 bits per heavy atom. The van der Waals surface area contributed by atoms with Crippen LogP contribution in [-0.4, -0.2) is 26.5 Å². The molecule has 2 unspecified atom stereocenters. The topological polar surface area (TPSA) is 46.2 Å². The highest BCUT2D eigenvalue weighted by Crippen LogP contribution is 2.21. The van der Waals surface area contributed by atoms with Crippen molar-refractivity contribution < 1.29 is 8.42 Å². The number of sulfone groups is 1. The maximum atomic E-state index is 12.4. The van der Waals surface area contributed by atoms with Crippen molar-refractivity contribution in [3.63, 3.8) is 0 Å². The quantitative estimate of drug-likeness (QED) is 0.873. The average Bonchev–Trinajstić information content (AvgIpc) is 2.34. The van der Waals surface area contributed by atoms with Gasteiger partial charge in [-0.2, -0.15) is 0 Å². The number of nitrogens with one attached hydrogen (secondary N) is 1. The highest BCUT2D eigenvalue weighted by Gasteiger charge is 2.27. The fourth-order valence-electron chi connectivity index (χ4n) is 2.03. The van der Waals surface area contributed by atoms with E-state index in [-0.39, 0.29) is 23.0 Å². The Morgan fingerprint density at radius 2 is 1.84 bits per heavy atom. The lowest BCUT2D eigenvalue weighted by atomic mass is 10.1. The summed E-state index contributed by atoms with van der Waals surface area (Å²) in [6, 6.07) is 7.85. The maximum absolute atomic E-state index is 12.4. The third-order valence-corrected chi connectivity index (χ3v) is 6.17. The largest absolute Gasteiger partial charge is 0.312 e. The van der Waals surface area contributed by atoms with Gasteiger partial charge in [0.2, 0.25) is 0 Å². The summed E-state index contributed by atoms with van der Waals surface area (Å²) in [4.78, 5) is 0. The number of hydrogen-bond acceptors (Lipinski definition) is 3. The summed E-state index contributed by atoms with van der Waals surface area (Å²) in [5.74, 6) is 0.284. The molecule has 0 bridgehead atoms. The highest BCUT2D eigenvalue weighted by molar-refractivity contribution is 7.92. The maximum Gasteiger partial charge on any atom is 0.155 e. The van der Waals surface area contributed by atoms with Crippen molar-refractivity contribution in [3.8, 4) is 0 Å². The summed E-state index contributed by atoms with van der Waals surface area (Å²) in [7, 11) is -1.29. The molecule has 0 spiro atoms. The Balaban J connectivity index is 2.95. The second-order valence-corrected chi connectivity index (χ2v) is 7.94. The van der Waals surface area contributed by atoms with Crippen LogP contribution in [0.2, 0.25) is 0 Å². The van der Waals surface area contributed by atoms with E-state index in [4.69, 9.17) is 0 Å². The normalized spacial score (nSPS) is 15.5. The Labute approximate surface area is 117 Å². The Hall–Kier alpha value is -0.870. The van der Waals surface area contributed by atoms with E-state index in [1.54, 1.807) is 6.92 Å². The molecule has 0 fully saturated rings. The zero-order valence-electron chi connectivity index (χ0n) is 12.5. The smallest absolute Gasteiger partial charge is 0.155 e. The number of benzene rings is 1. The standard InChI is InChI=1S/C15H25NO2S/c1-11(2)13(4)19(17,18)10-15(16-5)14-8-6-7-12(3)9-14/h6-9,11,13,15-16H,10H2,1-5H3. The van der Waals surface area contributed by atoms with Crippen molar-refractivity contribution >= 4 is 9.84 Å². The van der Waals surface area contributed by atoms with Gasteiger partial charge in [0, 0.05) is 6.04 Å². The van der Waals surface area contributed by atoms with Gasteiger partial charge in [-0.05, 0) is 32.4 Å². The van der Waals surface area contributed by atoms with E-state index in [2.05, 4.69) is 5.32 Å². The Morgan fingerprint density at radius 3 is 2.32 bits per heavy atom. The molecule has 0 saturated heterocycles. The van der Waals surface area contributed by atoms with Crippen LogP contribution in [0.15, 0.2) is 24.3 Å². The molecule has 0 amide bonds. The van der Waals surface area contributed by atoms with Gasteiger partial charge < -0.3 is 5.32 Å². The lowest BCUT2D eigenvalue weighted by Crippen LogP contribution is -2.32. The molecule has 2 atom stereocenters. The molecular formula is C15H25NO2S. The molecule has 1 aromatic carbocycles. The van der Waals surface area contributed by atoms with Crippen molar-refractivity contribution in [1.29, 1.82) is 0 Å². The lowest BCUT2D eigenvalue weighted by Gasteiger charge is -2.22. The second kappa shape index (κ2) is 6.53. The van der Waals surface area contributed by atoms with Crippen LogP contribution in [0.25, 0.3) is 0 Å². The summed E-state index contributed by atoms with van der Waals surface area (Å²) < 4.78 is 24.7. The van der Waals surface area contributed by atoms with E-state index in [1.165, 1.54) is 0 Å². The van der Waals surface area contributed by atoms with Crippen LogP contribution in [0, 0.1) is 12.8 Å². The van der Waals surface area contributed by atoms with E-state index in [0.29, 0.717) is 0 Å². The van der Waals surface area contributed by atoms with Crippen molar-refractivity contribution in [2.24, 2.45) is 5.92 Å². The van der Waals surface area contributed by atoms with Crippen LogP contribution < -0.4 is 5.32 Å². The fraction of sp³-hybridized carbons (Fsp3) is 0.600. The summed E-state index contributed by atoms with van der Waals surface area (Å²) in [5.41, 5.74) is 2.18. The summed E-state index contributed by atoms with van der Waals surface area (Å²) in [6.45, 7) is 7.71. The number of hydrogen-bond donors (Lipinski definition) is 1. The van der Waals surface area contributed by atoms with Crippen LogP contribution in [0.1, 0.15) is 37.9 Å². The Bertz CT molecular complexity index is 509. The van der Waals surface area contributed by atoms with Crippen molar-refractivity contribution in [2.45, 2.75) is 39.0 Å². The minimum Gasteiger partial charge on any atom is -0.312 e. The molecule has 0 aromatic heterocycles. The molecule has 0 aliphatic heterocycles. The minimum atomic E-state index is -3.09. The second-order valence-electron chi connectivity index (χ2n) is 5.53. The molecule has 0 aliphatic rings. The lowest BCUT2D eigenvalue weighted by molar-refractivity contribution is 0.532. The fourth-order valence-corrected chi connectivity index (χ4v) is 3.99. The third kappa shape index (κ3) is 4.32. The third-order valence-electron chi connectivity index (χ3n) is 3.70. The van der Waals surface area contributed by atoms with E-state index < -0.39 is 9.84 Å². The van der Waals surface area contributed by atoms with Gasteiger partial charge in [0.25, 0.3) is 0 Å². The predicted octanol–water partition coefficient (Wildman–Crippen LogP) is 2.71.